The van der Waals surface area contributed by atoms with Crippen LogP contribution in [0.2, 0.25) is 0 Å². The van der Waals surface area contributed by atoms with Crippen LogP contribution in [0.1, 0.15) is 18.0 Å². The van der Waals surface area contributed by atoms with Gasteiger partial charge in [0.25, 0.3) is 0 Å². The van der Waals surface area contributed by atoms with Crippen LogP contribution >= 0.6 is 31.9 Å². The van der Waals surface area contributed by atoms with Crippen molar-refractivity contribution in [1.82, 2.24) is 0 Å². The number of phenols is 1. The molecule has 16 heavy (non-hydrogen) atoms. The molecule has 7 heteroatoms. The van der Waals surface area contributed by atoms with Crippen molar-refractivity contribution in [3.63, 3.8) is 0 Å². The molecule has 1 atom stereocenters. The number of alkyl halides is 3. The van der Waals surface area contributed by atoms with E-state index in [0.29, 0.717) is 14.5 Å². The molecule has 0 spiro atoms. The van der Waals surface area contributed by atoms with E-state index in [-0.39, 0.29) is 5.75 Å². The second kappa shape index (κ2) is 4.93. The van der Waals surface area contributed by atoms with Gasteiger partial charge in [0.05, 0.1) is 15.4 Å². The molecule has 0 aromatic heterocycles. The van der Waals surface area contributed by atoms with Crippen molar-refractivity contribution in [2.24, 2.45) is 5.73 Å². The average Bonchev–Trinajstić information content (AvgIpc) is 2.10. The summed E-state index contributed by atoms with van der Waals surface area (Å²) in [7, 11) is 0. The molecule has 90 valence electrons. The van der Waals surface area contributed by atoms with Gasteiger partial charge in [-0.1, -0.05) is 0 Å². The van der Waals surface area contributed by atoms with Gasteiger partial charge in [0.2, 0.25) is 0 Å². The summed E-state index contributed by atoms with van der Waals surface area (Å²) < 4.78 is 37.0. The molecule has 0 aliphatic carbocycles. The molecule has 1 rings (SSSR count). The number of rotatable bonds is 2. The molecule has 0 unspecified atom stereocenters. The minimum Gasteiger partial charge on any atom is -0.506 e. The molecule has 0 radical (unpaired) electrons. The van der Waals surface area contributed by atoms with Gasteiger partial charge < -0.3 is 10.8 Å². The van der Waals surface area contributed by atoms with Crippen molar-refractivity contribution >= 4 is 31.9 Å². The van der Waals surface area contributed by atoms with Crippen molar-refractivity contribution in [2.75, 3.05) is 0 Å². The molecule has 0 fully saturated rings. The zero-order valence-corrected chi connectivity index (χ0v) is 11.0. The summed E-state index contributed by atoms with van der Waals surface area (Å²) in [5.74, 6) is -0.0667. The topological polar surface area (TPSA) is 46.2 Å². The van der Waals surface area contributed by atoms with Crippen LogP contribution in [0.25, 0.3) is 0 Å². The maximum atomic E-state index is 12.1. The molecule has 0 saturated heterocycles. The van der Waals surface area contributed by atoms with E-state index in [1.165, 1.54) is 12.1 Å². The second-order valence-electron chi connectivity index (χ2n) is 3.26. The molecule has 1 aromatic carbocycles. The number of hydrogen-bond donors (Lipinski definition) is 2. The van der Waals surface area contributed by atoms with Gasteiger partial charge in [0.15, 0.2) is 0 Å². The van der Waals surface area contributed by atoms with E-state index in [2.05, 4.69) is 31.9 Å². The van der Waals surface area contributed by atoms with Crippen LogP contribution in [0.15, 0.2) is 21.1 Å². The van der Waals surface area contributed by atoms with Gasteiger partial charge in [0.1, 0.15) is 5.75 Å². The Balaban J connectivity index is 2.97. The number of benzene rings is 1. The van der Waals surface area contributed by atoms with Gasteiger partial charge >= 0.3 is 6.18 Å². The Morgan fingerprint density at radius 1 is 1.25 bits per heavy atom. The number of halogens is 5. The number of hydrogen-bond acceptors (Lipinski definition) is 2. The normalized spacial score (nSPS) is 13.9. The van der Waals surface area contributed by atoms with Crippen LogP contribution in [-0.4, -0.2) is 11.3 Å². The van der Waals surface area contributed by atoms with Gasteiger partial charge in [-0.25, -0.2) is 0 Å². The monoisotopic (exact) mass is 361 g/mol. The van der Waals surface area contributed by atoms with Crippen LogP contribution in [0, 0.1) is 0 Å². The van der Waals surface area contributed by atoms with Crippen LogP contribution in [0.3, 0.4) is 0 Å². The Bertz CT molecular complexity index is 372. The molecule has 2 nitrogen and oxygen atoms in total. The van der Waals surface area contributed by atoms with E-state index in [1.54, 1.807) is 0 Å². The van der Waals surface area contributed by atoms with E-state index in [1.807, 2.05) is 0 Å². The maximum absolute atomic E-state index is 12.1. The Morgan fingerprint density at radius 3 is 2.06 bits per heavy atom. The molecular formula is C9H8Br2F3NO. The smallest absolute Gasteiger partial charge is 0.390 e. The lowest BCUT2D eigenvalue weighted by molar-refractivity contribution is -0.138. The predicted octanol–water partition coefficient (Wildman–Crippen LogP) is 3.87. The third-order valence-electron chi connectivity index (χ3n) is 1.92. The lowest BCUT2D eigenvalue weighted by atomic mass is 10.0. The lowest BCUT2D eigenvalue weighted by Crippen LogP contribution is -2.20. The SMILES string of the molecule is N[C@H](CC(F)(F)F)c1cc(Br)c(O)c(Br)c1. The molecule has 0 aliphatic rings. The first-order valence-electron chi connectivity index (χ1n) is 4.21. The zero-order valence-electron chi connectivity index (χ0n) is 7.85. The zero-order chi connectivity index (χ0) is 12.5. The van der Waals surface area contributed by atoms with Crippen LogP contribution < -0.4 is 5.73 Å². The molecule has 0 amide bonds. The van der Waals surface area contributed by atoms with Crippen LogP contribution in [0.4, 0.5) is 13.2 Å². The fourth-order valence-electron chi connectivity index (χ4n) is 1.17. The van der Waals surface area contributed by atoms with Gasteiger partial charge in [0, 0.05) is 6.04 Å². The van der Waals surface area contributed by atoms with Gasteiger partial charge in [-0.3, -0.25) is 0 Å². The summed E-state index contributed by atoms with van der Waals surface area (Å²) in [6, 6.07) is 1.60. The summed E-state index contributed by atoms with van der Waals surface area (Å²) in [6.45, 7) is 0. The highest BCUT2D eigenvalue weighted by Gasteiger charge is 2.31. The maximum Gasteiger partial charge on any atom is 0.390 e. The Labute approximate surface area is 107 Å². The highest BCUT2D eigenvalue weighted by molar-refractivity contribution is 9.11. The Hall–Kier alpha value is -0.270. The summed E-state index contributed by atoms with van der Waals surface area (Å²) in [5, 5.41) is 9.39. The van der Waals surface area contributed by atoms with Crippen LogP contribution in [0.5, 0.6) is 5.75 Å². The van der Waals surface area contributed by atoms with E-state index in [0.717, 1.165) is 0 Å². The third kappa shape index (κ3) is 3.64. The van der Waals surface area contributed by atoms with Crippen molar-refractivity contribution < 1.29 is 18.3 Å². The summed E-state index contributed by atoms with van der Waals surface area (Å²) in [4.78, 5) is 0. The molecule has 0 bridgehead atoms. The fourth-order valence-corrected chi connectivity index (χ4v) is 2.39. The lowest BCUT2D eigenvalue weighted by Gasteiger charge is -2.15. The van der Waals surface area contributed by atoms with Crippen molar-refractivity contribution in [3.05, 3.63) is 26.6 Å². The first-order valence-corrected chi connectivity index (χ1v) is 5.79. The second-order valence-corrected chi connectivity index (χ2v) is 4.97. The standard InChI is InChI=1S/C9H8Br2F3NO/c10-5-1-4(2-6(11)8(5)16)7(15)3-9(12,13)14/h1-2,7,16H,3,15H2/t7-/m1/s1. The minimum absolute atomic E-state index is 0.0667. The minimum atomic E-state index is -4.31. The van der Waals surface area contributed by atoms with E-state index in [4.69, 9.17) is 5.73 Å². The van der Waals surface area contributed by atoms with Crippen molar-refractivity contribution in [1.29, 1.82) is 0 Å². The molecular weight excluding hydrogens is 355 g/mol. The third-order valence-corrected chi connectivity index (χ3v) is 3.13. The highest BCUT2D eigenvalue weighted by Crippen LogP contribution is 2.36. The van der Waals surface area contributed by atoms with Crippen LogP contribution in [-0.2, 0) is 0 Å². The summed E-state index contributed by atoms with van der Waals surface area (Å²) in [5.41, 5.74) is 5.73. The first kappa shape index (κ1) is 13.8. The Kier molecular flexibility index (Phi) is 4.25. The fraction of sp³-hybridized carbons (Fsp3) is 0.333. The Morgan fingerprint density at radius 2 is 1.69 bits per heavy atom. The largest absolute Gasteiger partial charge is 0.506 e. The number of aromatic hydroxyl groups is 1. The van der Waals surface area contributed by atoms with E-state index < -0.39 is 18.6 Å². The molecule has 3 N–H and O–H groups in total. The van der Waals surface area contributed by atoms with Crippen molar-refractivity contribution in [2.45, 2.75) is 18.6 Å². The summed E-state index contributed by atoms with van der Waals surface area (Å²) in [6.07, 6.45) is -5.41. The van der Waals surface area contributed by atoms with E-state index in [9.17, 15) is 18.3 Å². The predicted molar refractivity (Wildman–Crippen MR) is 61.1 cm³/mol. The number of phenolic OH excluding ortho intramolecular Hbond substituents is 1. The molecule has 0 aliphatic heterocycles. The average molecular weight is 363 g/mol. The van der Waals surface area contributed by atoms with Gasteiger partial charge in [-0.15, -0.1) is 0 Å². The van der Waals surface area contributed by atoms with E-state index >= 15 is 0 Å². The van der Waals surface area contributed by atoms with Crippen molar-refractivity contribution in [3.8, 4) is 5.75 Å². The summed E-state index contributed by atoms with van der Waals surface area (Å²) >= 11 is 6.06. The first-order chi connectivity index (χ1) is 7.20. The molecule has 0 saturated carbocycles. The van der Waals surface area contributed by atoms with Gasteiger partial charge in [-0.05, 0) is 49.6 Å². The quantitative estimate of drug-likeness (QED) is 0.838. The molecule has 0 heterocycles. The van der Waals surface area contributed by atoms with Gasteiger partial charge in [-0.2, -0.15) is 13.2 Å². The number of nitrogens with two attached hydrogens (primary N) is 1. The molecule has 1 aromatic rings. The highest BCUT2D eigenvalue weighted by atomic mass is 79.9.